The topological polar surface area (TPSA) is 89.4 Å². The Hall–Kier alpha value is -2.37. The Bertz CT molecular complexity index is 864. The lowest BCUT2D eigenvalue weighted by Gasteiger charge is -2.26. The molecular weight excluding hydrogens is 362 g/mol. The molecule has 4 N–H and O–H groups in total. The van der Waals surface area contributed by atoms with Crippen LogP contribution in [0.3, 0.4) is 0 Å². The molecule has 1 heterocycles. The molecular formula is C21H26ClN3O2. The Morgan fingerprint density at radius 3 is 2.41 bits per heavy atom. The zero-order valence-electron chi connectivity index (χ0n) is 15.8. The van der Waals surface area contributed by atoms with Crippen LogP contribution in [-0.4, -0.2) is 17.9 Å². The van der Waals surface area contributed by atoms with Gasteiger partial charge in [-0.2, -0.15) is 0 Å². The predicted molar refractivity (Wildman–Crippen MR) is 112 cm³/mol. The van der Waals surface area contributed by atoms with Gasteiger partial charge in [0.2, 0.25) is 11.8 Å². The second-order valence-electron chi connectivity index (χ2n) is 7.31. The van der Waals surface area contributed by atoms with Gasteiger partial charge in [0, 0.05) is 11.3 Å². The normalized spacial score (nSPS) is 16.9. The number of amides is 2. The van der Waals surface area contributed by atoms with Gasteiger partial charge in [0.1, 0.15) is 0 Å². The van der Waals surface area contributed by atoms with Gasteiger partial charge in [0.25, 0.3) is 0 Å². The highest BCUT2D eigenvalue weighted by Crippen LogP contribution is 2.45. The number of carbonyl (C=O) groups is 2. The first-order valence-electron chi connectivity index (χ1n) is 8.94. The largest absolute Gasteiger partial charge is 0.398 e. The van der Waals surface area contributed by atoms with Crippen molar-refractivity contribution in [2.75, 3.05) is 10.6 Å². The maximum absolute atomic E-state index is 13.5. The van der Waals surface area contributed by atoms with E-state index < -0.39 is 17.9 Å². The van der Waals surface area contributed by atoms with E-state index in [-0.39, 0.29) is 18.3 Å². The third kappa shape index (κ3) is 3.70. The highest BCUT2D eigenvalue weighted by atomic mass is 35.5. The van der Waals surface area contributed by atoms with E-state index in [1.54, 1.807) is 25.1 Å². The first-order chi connectivity index (χ1) is 12.3. The fraction of sp³-hybridized carbons (Fsp3) is 0.333. The molecule has 144 valence electrons. The second kappa shape index (κ2) is 8.11. The van der Waals surface area contributed by atoms with Crippen LogP contribution in [0.2, 0.25) is 0 Å². The molecule has 0 aliphatic carbocycles. The predicted octanol–water partition coefficient (Wildman–Crippen LogP) is 3.71. The number of rotatable bonds is 3. The first kappa shape index (κ1) is 20.9. The van der Waals surface area contributed by atoms with Crippen LogP contribution in [0.15, 0.2) is 42.5 Å². The van der Waals surface area contributed by atoms with Gasteiger partial charge in [-0.15, -0.1) is 12.4 Å². The van der Waals surface area contributed by atoms with Gasteiger partial charge < -0.3 is 11.5 Å². The smallest absolute Gasteiger partial charge is 0.250 e. The quantitative estimate of drug-likeness (QED) is 0.785. The average molecular weight is 388 g/mol. The summed E-state index contributed by atoms with van der Waals surface area (Å²) in [5.74, 6) is -0.773. The molecule has 0 spiro atoms. The Labute approximate surface area is 166 Å². The molecule has 1 aliphatic rings. The van der Waals surface area contributed by atoms with E-state index in [1.165, 1.54) is 4.90 Å². The Kier molecular flexibility index (Phi) is 6.29. The van der Waals surface area contributed by atoms with Crippen LogP contribution in [0.5, 0.6) is 0 Å². The molecule has 0 saturated heterocycles. The van der Waals surface area contributed by atoms with Gasteiger partial charge in [-0.25, -0.2) is 4.90 Å². The third-order valence-electron chi connectivity index (χ3n) is 4.76. The van der Waals surface area contributed by atoms with E-state index in [0.29, 0.717) is 23.7 Å². The number of nitrogens with zero attached hydrogens (tertiary/aromatic N) is 1. The van der Waals surface area contributed by atoms with Gasteiger partial charge in [-0.05, 0) is 42.5 Å². The molecule has 1 unspecified atom stereocenters. The molecule has 0 aromatic heterocycles. The first-order valence-corrected chi connectivity index (χ1v) is 8.94. The molecule has 1 aliphatic heterocycles. The summed E-state index contributed by atoms with van der Waals surface area (Å²) in [5.41, 5.74) is 15.7. The molecule has 2 aromatic carbocycles. The van der Waals surface area contributed by atoms with Gasteiger partial charge in [-0.1, -0.05) is 44.2 Å². The number of halogens is 1. The zero-order valence-corrected chi connectivity index (χ0v) is 16.6. The Balaban J connectivity index is 0.00000261. The van der Waals surface area contributed by atoms with Crippen LogP contribution >= 0.6 is 12.4 Å². The summed E-state index contributed by atoms with van der Waals surface area (Å²) < 4.78 is 0. The number of hydrogen-bond acceptors (Lipinski definition) is 4. The number of anilines is 2. The lowest BCUT2D eigenvalue weighted by molar-refractivity contribution is -0.128. The molecule has 27 heavy (non-hydrogen) atoms. The number of benzene rings is 2. The number of nitrogens with two attached hydrogens (primary N) is 2. The van der Waals surface area contributed by atoms with Crippen molar-refractivity contribution < 1.29 is 9.59 Å². The van der Waals surface area contributed by atoms with Crippen LogP contribution in [0, 0.1) is 5.92 Å². The fourth-order valence-corrected chi connectivity index (χ4v) is 3.60. The summed E-state index contributed by atoms with van der Waals surface area (Å²) in [6.07, 6.45) is 0.645. The molecule has 5 nitrogen and oxygen atoms in total. The van der Waals surface area contributed by atoms with E-state index in [2.05, 4.69) is 13.8 Å². The summed E-state index contributed by atoms with van der Waals surface area (Å²) in [6, 6.07) is 12.3. The number of nitrogen functional groups attached to an aromatic ring is 1. The van der Waals surface area contributed by atoms with Crippen molar-refractivity contribution in [3.05, 3.63) is 48.0 Å². The van der Waals surface area contributed by atoms with Crippen molar-refractivity contribution >= 4 is 35.6 Å². The minimum atomic E-state index is -0.783. The number of imide groups is 1. The fourth-order valence-electron chi connectivity index (χ4n) is 3.60. The van der Waals surface area contributed by atoms with E-state index in [1.807, 2.05) is 24.3 Å². The molecule has 3 rings (SSSR count). The molecule has 0 fully saturated rings. The minimum absolute atomic E-state index is 0. The third-order valence-corrected chi connectivity index (χ3v) is 4.76. The minimum Gasteiger partial charge on any atom is -0.398 e. The summed E-state index contributed by atoms with van der Waals surface area (Å²) in [7, 11) is 0. The second-order valence-corrected chi connectivity index (χ2v) is 7.31. The molecule has 0 bridgehead atoms. The van der Waals surface area contributed by atoms with Crippen LogP contribution in [0.4, 0.5) is 11.4 Å². The van der Waals surface area contributed by atoms with Crippen LogP contribution in [-0.2, 0) is 9.59 Å². The summed E-state index contributed by atoms with van der Waals surface area (Å²) in [4.78, 5) is 27.6. The van der Waals surface area contributed by atoms with Crippen molar-refractivity contribution in [3.8, 4) is 11.1 Å². The highest BCUT2D eigenvalue weighted by molar-refractivity contribution is 6.22. The summed E-state index contributed by atoms with van der Waals surface area (Å²) in [6.45, 7) is 5.73. The average Bonchev–Trinajstić information content (AvgIpc) is 2.69. The van der Waals surface area contributed by atoms with Crippen molar-refractivity contribution in [2.24, 2.45) is 11.7 Å². The maximum Gasteiger partial charge on any atom is 0.250 e. The lowest BCUT2D eigenvalue weighted by Crippen LogP contribution is -2.47. The number of carbonyl (C=O) groups excluding carboxylic acids is 2. The lowest BCUT2D eigenvalue weighted by atomic mass is 9.85. The van der Waals surface area contributed by atoms with E-state index >= 15 is 0 Å². The zero-order chi connectivity index (χ0) is 19.0. The van der Waals surface area contributed by atoms with Crippen LogP contribution in [0.1, 0.15) is 38.7 Å². The van der Waals surface area contributed by atoms with Gasteiger partial charge in [0.15, 0.2) is 0 Å². The molecule has 0 saturated carbocycles. The van der Waals surface area contributed by atoms with Gasteiger partial charge in [-0.3, -0.25) is 9.59 Å². The van der Waals surface area contributed by atoms with E-state index in [4.69, 9.17) is 11.5 Å². The molecule has 2 atom stereocenters. The number of hydrogen-bond donors (Lipinski definition) is 2. The Morgan fingerprint density at radius 2 is 1.78 bits per heavy atom. The van der Waals surface area contributed by atoms with Crippen LogP contribution < -0.4 is 16.4 Å². The van der Waals surface area contributed by atoms with Crippen molar-refractivity contribution in [2.45, 2.75) is 39.2 Å². The summed E-state index contributed by atoms with van der Waals surface area (Å²) in [5, 5.41) is 0. The molecule has 6 heteroatoms. The number of fused-ring (bicyclic) bond motifs is 3. The van der Waals surface area contributed by atoms with Crippen molar-refractivity contribution in [1.82, 2.24) is 0 Å². The monoisotopic (exact) mass is 387 g/mol. The van der Waals surface area contributed by atoms with Crippen molar-refractivity contribution in [1.29, 1.82) is 0 Å². The Morgan fingerprint density at radius 1 is 1.11 bits per heavy atom. The van der Waals surface area contributed by atoms with Gasteiger partial charge in [0.05, 0.1) is 17.6 Å². The van der Waals surface area contributed by atoms with Crippen LogP contribution in [0.25, 0.3) is 11.1 Å². The van der Waals surface area contributed by atoms with Gasteiger partial charge >= 0.3 is 0 Å². The molecule has 2 amide bonds. The SMILES string of the molecule is CC(C)CC1C(=O)N(C(=O)[C@H](C)N)c2cccc(N)c2-c2ccccc21.Cl. The van der Waals surface area contributed by atoms with Crippen molar-refractivity contribution in [3.63, 3.8) is 0 Å². The van der Waals surface area contributed by atoms with E-state index in [9.17, 15) is 9.59 Å². The molecule has 0 radical (unpaired) electrons. The standard InChI is InChI=1S/C21H25N3O2.ClH/c1-12(2)11-16-14-7-4-5-8-15(14)19-17(23)9-6-10-18(19)24(21(16)26)20(25)13(3)22;/h4-10,12-13,16H,11,22-23H2,1-3H3;1H/t13-,16?;/m0./s1. The molecule has 2 aromatic rings. The summed E-state index contributed by atoms with van der Waals surface area (Å²) >= 11 is 0. The van der Waals surface area contributed by atoms with E-state index in [0.717, 1.165) is 16.7 Å². The maximum atomic E-state index is 13.5. The highest BCUT2D eigenvalue weighted by Gasteiger charge is 2.38.